The predicted octanol–water partition coefficient (Wildman–Crippen LogP) is 2.92. The van der Waals surface area contributed by atoms with E-state index in [1.165, 1.54) is 11.2 Å². The highest BCUT2D eigenvalue weighted by Gasteiger charge is 2.24. The lowest BCUT2D eigenvalue weighted by molar-refractivity contribution is 0.0750. The summed E-state index contributed by atoms with van der Waals surface area (Å²) in [5.41, 5.74) is 1.57. The van der Waals surface area contributed by atoms with Crippen LogP contribution in [0.2, 0.25) is 0 Å². The number of carbonyl (C=O) groups excluding carboxylic acids is 1. The summed E-state index contributed by atoms with van der Waals surface area (Å²) in [6, 6.07) is 12.0. The average Bonchev–Trinajstić information content (AvgIpc) is 2.92. The fraction of sp³-hybridized carbons (Fsp3) is 0.200. The highest BCUT2D eigenvalue weighted by atomic mass is 16.3. The second kappa shape index (κ2) is 5.40. The largest absolute Gasteiger partial charge is 0.466 e. The van der Waals surface area contributed by atoms with E-state index in [1.54, 1.807) is 31.3 Å². The van der Waals surface area contributed by atoms with Crippen molar-refractivity contribution < 1.29 is 9.21 Å². The molecule has 4 heteroatoms. The number of hydrogen-bond donors (Lipinski definition) is 0. The molecular formula is C15H14N2O2. The fourth-order valence-electron chi connectivity index (χ4n) is 1.89. The Balaban J connectivity index is 2.26. The zero-order valence-electron chi connectivity index (χ0n) is 10.8. The molecule has 0 bridgehead atoms. The molecule has 1 heterocycles. The summed E-state index contributed by atoms with van der Waals surface area (Å²) in [5.74, 6) is 0.262. The Labute approximate surface area is 111 Å². The molecule has 0 radical (unpaired) electrons. The number of furan rings is 1. The van der Waals surface area contributed by atoms with E-state index in [0.29, 0.717) is 11.3 Å². The molecular weight excluding hydrogens is 240 g/mol. The maximum atomic E-state index is 12.3. The summed E-state index contributed by atoms with van der Waals surface area (Å²) >= 11 is 0. The number of carbonyl (C=O) groups is 1. The molecule has 2 aromatic rings. The van der Waals surface area contributed by atoms with Crippen molar-refractivity contribution in [2.75, 3.05) is 7.05 Å². The van der Waals surface area contributed by atoms with E-state index in [0.717, 1.165) is 5.56 Å². The second-order valence-corrected chi connectivity index (χ2v) is 4.33. The van der Waals surface area contributed by atoms with E-state index in [4.69, 9.17) is 4.42 Å². The Morgan fingerprint density at radius 1 is 1.37 bits per heavy atom. The zero-order valence-corrected chi connectivity index (χ0v) is 10.8. The molecule has 0 fully saturated rings. The van der Waals surface area contributed by atoms with Gasteiger partial charge in [0.25, 0.3) is 5.91 Å². The summed E-state index contributed by atoms with van der Waals surface area (Å²) < 4.78 is 5.20. The van der Waals surface area contributed by atoms with Gasteiger partial charge in [-0.15, -0.1) is 0 Å². The van der Waals surface area contributed by atoms with Crippen LogP contribution in [0.1, 0.15) is 27.7 Å². The first-order chi connectivity index (χ1) is 9.13. The number of rotatable bonds is 3. The molecule has 4 nitrogen and oxygen atoms in total. The van der Waals surface area contributed by atoms with E-state index < -0.39 is 6.04 Å². The highest BCUT2D eigenvalue weighted by molar-refractivity contribution is 5.94. The standard InChI is InChI=1S/C15H14N2O2/c1-11-5-3-6-12(9-11)15(18)17(2)13(10-16)14-7-4-8-19-14/h3-9,13H,1-2H3. The molecule has 1 unspecified atom stereocenters. The summed E-state index contributed by atoms with van der Waals surface area (Å²) in [4.78, 5) is 13.7. The van der Waals surface area contributed by atoms with Crippen molar-refractivity contribution in [2.24, 2.45) is 0 Å². The van der Waals surface area contributed by atoms with E-state index in [9.17, 15) is 10.1 Å². The Morgan fingerprint density at radius 2 is 2.16 bits per heavy atom. The van der Waals surface area contributed by atoms with E-state index in [2.05, 4.69) is 6.07 Å². The smallest absolute Gasteiger partial charge is 0.255 e. The topological polar surface area (TPSA) is 57.2 Å². The average molecular weight is 254 g/mol. The highest BCUT2D eigenvalue weighted by Crippen LogP contribution is 2.21. The Hall–Kier alpha value is -2.54. The molecule has 0 aliphatic heterocycles. The van der Waals surface area contributed by atoms with Crippen molar-refractivity contribution in [1.29, 1.82) is 5.26 Å². The molecule has 1 aromatic heterocycles. The molecule has 19 heavy (non-hydrogen) atoms. The lowest BCUT2D eigenvalue weighted by Crippen LogP contribution is -2.30. The molecule has 0 aliphatic carbocycles. The number of aryl methyl sites for hydroxylation is 1. The van der Waals surface area contributed by atoms with Crippen LogP contribution in [0, 0.1) is 18.3 Å². The van der Waals surface area contributed by atoms with Gasteiger partial charge in [-0.25, -0.2) is 0 Å². The van der Waals surface area contributed by atoms with Crippen LogP contribution in [0.4, 0.5) is 0 Å². The molecule has 2 rings (SSSR count). The summed E-state index contributed by atoms with van der Waals surface area (Å²) in [5, 5.41) is 9.21. The Kier molecular flexibility index (Phi) is 3.67. The van der Waals surface area contributed by atoms with Crippen LogP contribution in [0.3, 0.4) is 0 Å². The molecule has 0 aliphatic rings. The fourth-order valence-corrected chi connectivity index (χ4v) is 1.89. The van der Waals surface area contributed by atoms with Gasteiger partial charge in [-0.2, -0.15) is 5.26 Å². The SMILES string of the molecule is Cc1cccc(C(=O)N(C)C(C#N)c2ccco2)c1. The number of benzene rings is 1. The van der Waals surface area contributed by atoms with E-state index in [-0.39, 0.29) is 5.91 Å². The molecule has 0 saturated heterocycles. The summed E-state index contributed by atoms with van der Waals surface area (Å²) in [6.45, 7) is 1.92. The lowest BCUT2D eigenvalue weighted by Gasteiger charge is -2.21. The normalized spacial score (nSPS) is 11.6. The lowest BCUT2D eigenvalue weighted by atomic mass is 10.1. The van der Waals surface area contributed by atoms with Gasteiger partial charge in [-0.1, -0.05) is 17.7 Å². The third-order valence-electron chi connectivity index (χ3n) is 2.91. The third-order valence-corrected chi connectivity index (χ3v) is 2.91. The Bertz CT molecular complexity index is 611. The zero-order chi connectivity index (χ0) is 13.8. The third kappa shape index (κ3) is 2.66. The van der Waals surface area contributed by atoms with Gasteiger partial charge < -0.3 is 9.32 Å². The van der Waals surface area contributed by atoms with Crippen LogP contribution in [0.25, 0.3) is 0 Å². The van der Waals surface area contributed by atoms with Crippen molar-refractivity contribution in [3.8, 4) is 6.07 Å². The molecule has 1 atom stereocenters. The molecule has 1 aromatic carbocycles. The maximum absolute atomic E-state index is 12.3. The maximum Gasteiger partial charge on any atom is 0.255 e. The number of nitrogens with zero attached hydrogens (tertiary/aromatic N) is 2. The van der Waals surface area contributed by atoms with E-state index in [1.807, 2.05) is 19.1 Å². The van der Waals surface area contributed by atoms with Crippen LogP contribution in [0.15, 0.2) is 47.1 Å². The van der Waals surface area contributed by atoms with Gasteiger partial charge in [0, 0.05) is 12.6 Å². The first kappa shape index (κ1) is 12.9. The van der Waals surface area contributed by atoms with Crippen LogP contribution < -0.4 is 0 Å². The van der Waals surface area contributed by atoms with Gasteiger partial charge in [0.2, 0.25) is 0 Å². The van der Waals surface area contributed by atoms with Crippen molar-refractivity contribution in [3.05, 3.63) is 59.5 Å². The van der Waals surface area contributed by atoms with Gasteiger partial charge in [-0.05, 0) is 31.2 Å². The van der Waals surface area contributed by atoms with Crippen LogP contribution >= 0.6 is 0 Å². The van der Waals surface area contributed by atoms with Gasteiger partial charge in [0.05, 0.1) is 12.3 Å². The van der Waals surface area contributed by atoms with Gasteiger partial charge in [0.1, 0.15) is 5.76 Å². The minimum absolute atomic E-state index is 0.202. The van der Waals surface area contributed by atoms with Crippen molar-refractivity contribution >= 4 is 5.91 Å². The van der Waals surface area contributed by atoms with Gasteiger partial charge in [0.15, 0.2) is 6.04 Å². The Morgan fingerprint density at radius 3 is 2.74 bits per heavy atom. The molecule has 96 valence electrons. The molecule has 0 saturated carbocycles. The minimum atomic E-state index is -0.719. The summed E-state index contributed by atoms with van der Waals surface area (Å²) in [6.07, 6.45) is 1.49. The quantitative estimate of drug-likeness (QED) is 0.846. The first-order valence-electron chi connectivity index (χ1n) is 5.90. The van der Waals surface area contributed by atoms with E-state index >= 15 is 0 Å². The van der Waals surface area contributed by atoms with Crippen molar-refractivity contribution in [1.82, 2.24) is 4.90 Å². The molecule has 0 spiro atoms. The van der Waals surface area contributed by atoms with Crippen LogP contribution in [0.5, 0.6) is 0 Å². The van der Waals surface area contributed by atoms with Gasteiger partial charge in [-0.3, -0.25) is 4.79 Å². The monoisotopic (exact) mass is 254 g/mol. The molecule has 0 N–H and O–H groups in total. The number of amides is 1. The molecule has 1 amide bonds. The van der Waals surface area contributed by atoms with Crippen LogP contribution in [-0.4, -0.2) is 17.9 Å². The first-order valence-corrected chi connectivity index (χ1v) is 5.90. The number of hydrogen-bond acceptors (Lipinski definition) is 3. The second-order valence-electron chi connectivity index (χ2n) is 4.33. The summed E-state index contributed by atoms with van der Waals surface area (Å²) in [7, 11) is 1.60. The van der Waals surface area contributed by atoms with Crippen molar-refractivity contribution in [2.45, 2.75) is 13.0 Å². The van der Waals surface area contributed by atoms with Crippen LogP contribution in [-0.2, 0) is 0 Å². The van der Waals surface area contributed by atoms with Crippen molar-refractivity contribution in [3.63, 3.8) is 0 Å². The predicted molar refractivity (Wildman–Crippen MR) is 70.3 cm³/mol. The number of nitriles is 1. The van der Waals surface area contributed by atoms with Gasteiger partial charge >= 0.3 is 0 Å². The minimum Gasteiger partial charge on any atom is -0.466 e.